The largest absolute Gasteiger partial charge is 1.00 e. The van der Waals surface area contributed by atoms with Gasteiger partial charge in [-0.2, -0.15) is 0 Å². The fraction of sp³-hybridized carbons (Fsp3) is 1.00. The number of nitrogens with zero attached hydrogens (tertiary/aromatic N) is 1. The van der Waals surface area contributed by atoms with Crippen LogP contribution in [0.15, 0.2) is 0 Å². The molecule has 1 atom stereocenters. The normalized spacial score (nSPS) is 14.2. The minimum absolute atomic E-state index is 0. The third-order valence-electron chi connectivity index (χ3n) is 2.77. The van der Waals surface area contributed by atoms with E-state index in [9.17, 15) is 0 Å². The van der Waals surface area contributed by atoms with Crippen LogP contribution in [0, 0.1) is 0 Å². The van der Waals surface area contributed by atoms with Crippen LogP contribution in [0.3, 0.4) is 0 Å². The second-order valence-corrected chi connectivity index (χ2v) is 7.68. The minimum atomic E-state index is -2.59. The molecule has 0 amide bonds. The van der Waals surface area contributed by atoms with Gasteiger partial charge in [0.1, 0.15) is 0 Å². The lowest BCUT2D eigenvalue weighted by Gasteiger charge is -2.42. The predicted octanol–water partition coefficient (Wildman–Crippen LogP) is -0.937. The Morgan fingerprint density at radius 3 is 1.33 bits per heavy atom. The SMILES string of the molecule is CCO[Si](OCC)(OCC)C(CC)[N+](C)(C)C.[Cl-]. The summed E-state index contributed by atoms with van der Waals surface area (Å²) in [5.74, 6) is 0. The molecule has 0 N–H and O–H groups in total. The topological polar surface area (TPSA) is 27.7 Å². The molecule has 112 valence electrons. The first kappa shape index (κ1) is 20.7. The zero-order valence-corrected chi connectivity index (χ0v) is 14.7. The smallest absolute Gasteiger partial charge is 0.562 e. The van der Waals surface area contributed by atoms with Crippen LogP contribution in [0.4, 0.5) is 0 Å². The van der Waals surface area contributed by atoms with E-state index in [1.54, 1.807) is 0 Å². The van der Waals surface area contributed by atoms with Gasteiger partial charge in [-0.25, -0.2) is 0 Å². The van der Waals surface area contributed by atoms with Crippen molar-refractivity contribution in [2.45, 2.75) is 39.8 Å². The highest BCUT2D eigenvalue weighted by molar-refractivity contribution is 6.62. The molecule has 6 heteroatoms. The summed E-state index contributed by atoms with van der Waals surface area (Å²) in [6, 6.07) is 0. The Morgan fingerprint density at radius 2 is 1.17 bits per heavy atom. The average molecular weight is 300 g/mol. The van der Waals surface area contributed by atoms with Gasteiger partial charge in [-0.05, 0) is 20.8 Å². The molecule has 0 aliphatic rings. The molecule has 0 rings (SSSR count). The Balaban J connectivity index is 0. The monoisotopic (exact) mass is 299 g/mol. The van der Waals surface area contributed by atoms with Gasteiger partial charge in [0.25, 0.3) is 0 Å². The molecule has 1 unspecified atom stereocenters. The molecule has 4 nitrogen and oxygen atoms in total. The maximum atomic E-state index is 5.97. The van der Waals surface area contributed by atoms with Crippen LogP contribution < -0.4 is 12.4 Å². The molecule has 0 aliphatic heterocycles. The van der Waals surface area contributed by atoms with E-state index in [2.05, 4.69) is 28.1 Å². The quantitative estimate of drug-likeness (QED) is 0.406. The standard InChI is InChI=1S/C12H30NO3Si.ClH/c1-8-12(13(5,6)7)17(14-9-2,15-10-3)16-11-4;/h12H,8-11H2,1-7H3;1H/q+1;/p-1. The van der Waals surface area contributed by atoms with Crippen LogP contribution in [-0.2, 0) is 13.3 Å². The van der Waals surface area contributed by atoms with Crippen molar-refractivity contribution in [3.8, 4) is 0 Å². The van der Waals surface area contributed by atoms with E-state index in [0.29, 0.717) is 19.8 Å². The highest BCUT2D eigenvalue weighted by Crippen LogP contribution is 2.24. The predicted molar refractivity (Wildman–Crippen MR) is 72.7 cm³/mol. The molecule has 0 fully saturated rings. The van der Waals surface area contributed by atoms with Crippen molar-refractivity contribution in [2.75, 3.05) is 41.0 Å². The van der Waals surface area contributed by atoms with E-state index in [1.165, 1.54) is 0 Å². The summed E-state index contributed by atoms with van der Waals surface area (Å²) < 4.78 is 18.7. The third kappa shape index (κ3) is 5.55. The van der Waals surface area contributed by atoms with Gasteiger partial charge in [-0.1, -0.05) is 6.92 Å². The zero-order valence-electron chi connectivity index (χ0n) is 13.0. The third-order valence-corrected chi connectivity index (χ3v) is 6.84. The molecule has 0 heterocycles. The molecule has 0 bridgehead atoms. The summed E-state index contributed by atoms with van der Waals surface area (Å²) in [5, 5.41) is 0. The average Bonchev–Trinajstić information content (AvgIpc) is 2.17. The molecule has 0 aromatic rings. The fourth-order valence-electron chi connectivity index (χ4n) is 2.29. The van der Waals surface area contributed by atoms with E-state index < -0.39 is 8.80 Å². The molecule has 0 aromatic heterocycles. The van der Waals surface area contributed by atoms with Gasteiger partial charge in [-0.15, -0.1) is 0 Å². The van der Waals surface area contributed by atoms with Gasteiger partial charge in [-0.3, -0.25) is 0 Å². The number of quaternary nitrogens is 1. The number of hydrogen-bond acceptors (Lipinski definition) is 3. The van der Waals surface area contributed by atoms with E-state index in [1.807, 2.05) is 20.8 Å². The second-order valence-electron chi connectivity index (χ2n) is 4.94. The van der Waals surface area contributed by atoms with Gasteiger partial charge in [0.05, 0.1) is 21.1 Å². The summed E-state index contributed by atoms with van der Waals surface area (Å²) >= 11 is 0. The molecule has 0 aromatic carbocycles. The summed E-state index contributed by atoms with van der Waals surface area (Å²) in [6.07, 6.45) is 0.996. The Bertz CT molecular complexity index is 195. The highest BCUT2D eigenvalue weighted by Gasteiger charge is 2.55. The first-order valence-electron chi connectivity index (χ1n) is 6.60. The van der Waals surface area contributed by atoms with Gasteiger partial charge < -0.3 is 30.2 Å². The van der Waals surface area contributed by atoms with E-state index in [-0.39, 0.29) is 18.1 Å². The lowest BCUT2D eigenvalue weighted by Crippen LogP contribution is -3.00. The van der Waals surface area contributed by atoms with Crippen LogP contribution >= 0.6 is 0 Å². The Kier molecular flexibility index (Phi) is 10.7. The van der Waals surface area contributed by atoms with Crippen molar-refractivity contribution >= 4 is 8.80 Å². The molecule has 0 radical (unpaired) electrons. The van der Waals surface area contributed by atoms with Crippen LogP contribution in [0.25, 0.3) is 0 Å². The molecule has 0 saturated carbocycles. The first-order valence-corrected chi connectivity index (χ1v) is 8.41. The van der Waals surface area contributed by atoms with Crippen molar-refractivity contribution in [3.63, 3.8) is 0 Å². The van der Waals surface area contributed by atoms with Crippen molar-refractivity contribution in [1.29, 1.82) is 0 Å². The molecule has 0 saturated heterocycles. The van der Waals surface area contributed by atoms with Crippen LogP contribution in [0.2, 0.25) is 0 Å². The van der Waals surface area contributed by atoms with Gasteiger partial charge in [0, 0.05) is 26.2 Å². The van der Waals surface area contributed by atoms with Crippen molar-refractivity contribution in [2.24, 2.45) is 0 Å². The molecule has 0 aliphatic carbocycles. The lowest BCUT2D eigenvalue weighted by molar-refractivity contribution is -0.887. The molecular formula is C12H30ClNO3Si. The highest BCUT2D eigenvalue weighted by atomic mass is 35.5. The van der Waals surface area contributed by atoms with Crippen LogP contribution in [0.1, 0.15) is 34.1 Å². The summed E-state index contributed by atoms with van der Waals surface area (Å²) in [5.41, 5.74) is 0.280. The first-order chi connectivity index (χ1) is 7.87. The van der Waals surface area contributed by atoms with Crippen molar-refractivity contribution < 1.29 is 30.2 Å². The van der Waals surface area contributed by atoms with Gasteiger partial charge in [0.15, 0.2) is 5.67 Å². The number of hydrogen-bond donors (Lipinski definition) is 0. The summed E-state index contributed by atoms with van der Waals surface area (Å²) in [6.45, 7) is 10.1. The van der Waals surface area contributed by atoms with Crippen molar-refractivity contribution in [1.82, 2.24) is 0 Å². The Hall–Kier alpha value is 0.347. The maximum absolute atomic E-state index is 5.97. The Morgan fingerprint density at radius 1 is 0.833 bits per heavy atom. The fourth-order valence-corrected chi connectivity index (χ4v) is 5.77. The van der Waals surface area contributed by atoms with E-state index >= 15 is 0 Å². The number of rotatable bonds is 9. The molecule has 0 spiro atoms. The summed E-state index contributed by atoms with van der Waals surface area (Å²) in [4.78, 5) is 0. The lowest BCUT2D eigenvalue weighted by atomic mass is 10.4. The van der Waals surface area contributed by atoms with Crippen LogP contribution in [-0.4, -0.2) is 59.9 Å². The van der Waals surface area contributed by atoms with E-state index in [0.717, 1.165) is 10.9 Å². The van der Waals surface area contributed by atoms with Gasteiger partial charge >= 0.3 is 8.80 Å². The van der Waals surface area contributed by atoms with Gasteiger partial charge in [0.2, 0.25) is 0 Å². The maximum Gasteiger partial charge on any atom is 0.562 e. The molecule has 18 heavy (non-hydrogen) atoms. The summed E-state index contributed by atoms with van der Waals surface area (Å²) in [7, 11) is 3.93. The molecular weight excluding hydrogens is 270 g/mol. The van der Waals surface area contributed by atoms with Crippen molar-refractivity contribution in [3.05, 3.63) is 0 Å². The minimum Gasteiger partial charge on any atom is -1.00 e. The second kappa shape index (κ2) is 9.28. The van der Waals surface area contributed by atoms with Crippen LogP contribution in [0.5, 0.6) is 0 Å². The number of halogens is 1. The Labute approximate surface area is 120 Å². The zero-order chi connectivity index (χ0) is 13.5. The van der Waals surface area contributed by atoms with E-state index in [4.69, 9.17) is 13.3 Å².